The van der Waals surface area contributed by atoms with Crippen LogP contribution in [0.5, 0.6) is 11.5 Å². The fraction of sp³-hybridized carbons (Fsp3) is 0.375. The number of sulfonamides is 1. The average molecular weight is 383 g/mol. The van der Waals surface area contributed by atoms with Crippen molar-refractivity contribution in [1.82, 2.24) is 9.46 Å². The van der Waals surface area contributed by atoms with Crippen molar-refractivity contribution in [3.63, 3.8) is 0 Å². The molecule has 0 aliphatic carbocycles. The Bertz CT molecular complexity index is 887. The number of aryl methyl sites for hydroxylation is 2. The molecule has 1 aromatic carbocycles. The molecule has 2 aromatic rings. The highest BCUT2D eigenvalue weighted by Gasteiger charge is 2.29. The number of methoxy groups -OCH3 is 2. The molecule has 0 spiro atoms. The fourth-order valence-corrected chi connectivity index (χ4v) is 3.81. The largest absolute Gasteiger partial charge is 0.493 e. The lowest BCUT2D eigenvalue weighted by molar-refractivity contribution is -0.116. The molecule has 0 atom stereocenters. The molecule has 1 heterocycles. The summed E-state index contributed by atoms with van der Waals surface area (Å²) in [5.74, 6) is 0.635. The summed E-state index contributed by atoms with van der Waals surface area (Å²) in [6, 6.07) is 4.85. The third-order valence-corrected chi connectivity index (χ3v) is 5.72. The van der Waals surface area contributed by atoms with Gasteiger partial charge in [-0.1, -0.05) is 5.16 Å². The van der Waals surface area contributed by atoms with E-state index in [4.69, 9.17) is 14.0 Å². The number of anilines is 1. The minimum Gasteiger partial charge on any atom is -0.493 e. The highest BCUT2D eigenvalue weighted by Crippen LogP contribution is 2.29. The van der Waals surface area contributed by atoms with Gasteiger partial charge in [-0.05, 0) is 26.0 Å². The smallest absolute Gasteiger partial charge is 0.248 e. The highest BCUT2D eigenvalue weighted by atomic mass is 32.2. The van der Waals surface area contributed by atoms with E-state index in [0.29, 0.717) is 17.2 Å². The molecule has 0 radical (unpaired) electrons. The molecule has 2 rings (SSSR count). The summed E-state index contributed by atoms with van der Waals surface area (Å²) >= 11 is 0. The number of nitrogens with one attached hydrogen (secondary N) is 1. The van der Waals surface area contributed by atoms with Crippen LogP contribution in [0.2, 0.25) is 0 Å². The first-order chi connectivity index (χ1) is 12.2. The Labute approximate surface area is 151 Å². The number of amides is 1. The van der Waals surface area contributed by atoms with Crippen molar-refractivity contribution in [3.8, 4) is 11.5 Å². The van der Waals surface area contributed by atoms with Crippen LogP contribution in [0.4, 0.5) is 5.69 Å². The van der Waals surface area contributed by atoms with Crippen molar-refractivity contribution in [2.75, 3.05) is 33.1 Å². The Morgan fingerprint density at radius 1 is 1.23 bits per heavy atom. The van der Waals surface area contributed by atoms with Crippen LogP contribution in [0.3, 0.4) is 0 Å². The van der Waals surface area contributed by atoms with Gasteiger partial charge in [0.2, 0.25) is 15.9 Å². The zero-order valence-electron chi connectivity index (χ0n) is 15.2. The molecule has 0 bridgehead atoms. The maximum absolute atomic E-state index is 12.6. The van der Waals surface area contributed by atoms with Crippen LogP contribution < -0.4 is 14.8 Å². The Morgan fingerprint density at radius 2 is 1.88 bits per heavy atom. The zero-order chi connectivity index (χ0) is 19.5. The second kappa shape index (κ2) is 7.75. The summed E-state index contributed by atoms with van der Waals surface area (Å²) in [5.41, 5.74) is 0.699. The van der Waals surface area contributed by atoms with Gasteiger partial charge in [0.1, 0.15) is 10.6 Å². The number of hydrogen-bond donors (Lipinski definition) is 1. The highest BCUT2D eigenvalue weighted by molar-refractivity contribution is 7.89. The number of hydrogen-bond acceptors (Lipinski definition) is 7. The molecule has 9 nitrogen and oxygen atoms in total. The third-order valence-electron chi connectivity index (χ3n) is 3.67. The Kier molecular flexibility index (Phi) is 5.88. The summed E-state index contributed by atoms with van der Waals surface area (Å²) in [5, 5.41) is 6.27. The molecule has 0 aliphatic rings. The van der Waals surface area contributed by atoms with Gasteiger partial charge in [-0.15, -0.1) is 0 Å². The fourth-order valence-electron chi connectivity index (χ4n) is 2.40. The van der Waals surface area contributed by atoms with Crippen LogP contribution in [0.25, 0.3) is 0 Å². The second-order valence-corrected chi connectivity index (χ2v) is 7.51. The maximum atomic E-state index is 12.6. The van der Waals surface area contributed by atoms with E-state index in [-0.39, 0.29) is 22.9 Å². The van der Waals surface area contributed by atoms with Crippen molar-refractivity contribution in [3.05, 3.63) is 29.7 Å². The standard InChI is InChI=1S/C16H21N3O6S/c1-10-16(11(2)25-18-10)26(21,22)19(3)9-15(20)17-12-6-7-13(23-4)14(8-12)24-5/h6-8H,9H2,1-5H3,(H,17,20). The van der Waals surface area contributed by atoms with Crippen molar-refractivity contribution >= 4 is 21.6 Å². The molecule has 142 valence electrons. The maximum Gasteiger partial charge on any atom is 0.248 e. The summed E-state index contributed by atoms with van der Waals surface area (Å²) in [6.45, 7) is 2.66. The SMILES string of the molecule is COc1ccc(NC(=O)CN(C)S(=O)(=O)c2c(C)noc2C)cc1OC. The van der Waals surface area contributed by atoms with Gasteiger partial charge in [-0.25, -0.2) is 8.42 Å². The number of likely N-dealkylation sites (N-methyl/N-ethyl adjacent to an activating group) is 1. The van der Waals surface area contributed by atoms with E-state index in [1.165, 1.54) is 35.1 Å². The first kappa shape index (κ1) is 19.7. The first-order valence-electron chi connectivity index (χ1n) is 7.61. The summed E-state index contributed by atoms with van der Waals surface area (Å²) < 4.78 is 41.4. The molecular formula is C16H21N3O6S. The summed E-state index contributed by atoms with van der Waals surface area (Å²) in [6.07, 6.45) is 0. The van der Waals surface area contributed by atoms with E-state index in [0.717, 1.165) is 4.31 Å². The van der Waals surface area contributed by atoms with Gasteiger partial charge in [-0.2, -0.15) is 4.31 Å². The van der Waals surface area contributed by atoms with Gasteiger partial charge in [0.25, 0.3) is 0 Å². The van der Waals surface area contributed by atoms with E-state index in [9.17, 15) is 13.2 Å². The van der Waals surface area contributed by atoms with Crippen molar-refractivity contribution in [2.24, 2.45) is 0 Å². The molecule has 26 heavy (non-hydrogen) atoms. The van der Waals surface area contributed by atoms with Crippen LogP contribution in [0, 0.1) is 13.8 Å². The molecule has 1 aromatic heterocycles. The van der Waals surface area contributed by atoms with Crippen LogP contribution in [-0.2, 0) is 14.8 Å². The van der Waals surface area contributed by atoms with Crippen LogP contribution >= 0.6 is 0 Å². The number of carbonyl (C=O) groups is 1. The van der Waals surface area contributed by atoms with E-state index in [2.05, 4.69) is 10.5 Å². The van der Waals surface area contributed by atoms with Gasteiger partial charge >= 0.3 is 0 Å². The van der Waals surface area contributed by atoms with Gasteiger partial charge in [-0.3, -0.25) is 4.79 Å². The van der Waals surface area contributed by atoms with E-state index in [1.807, 2.05) is 0 Å². The molecule has 0 fully saturated rings. The molecule has 10 heteroatoms. The van der Waals surface area contributed by atoms with E-state index >= 15 is 0 Å². The molecule has 0 saturated heterocycles. The summed E-state index contributed by atoms with van der Waals surface area (Å²) in [7, 11) is 0.403. The summed E-state index contributed by atoms with van der Waals surface area (Å²) in [4.78, 5) is 12.2. The monoisotopic (exact) mass is 383 g/mol. The van der Waals surface area contributed by atoms with Crippen molar-refractivity contribution in [1.29, 1.82) is 0 Å². The second-order valence-electron chi connectivity index (χ2n) is 5.53. The predicted molar refractivity (Wildman–Crippen MR) is 94.0 cm³/mol. The van der Waals surface area contributed by atoms with Crippen LogP contribution in [-0.4, -0.2) is 51.6 Å². The number of rotatable bonds is 7. The Morgan fingerprint density at radius 3 is 2.42 bits per heavy atom. The number of carbonyl (C=O) groups excluding carboxylic acids is 1. The van der Waals surface area contributed by atoms with Crippen molar-refractivity contribution < 1.29 is 27.2 Å². The van der Waals surface area contributed by atoms with Crippen LogP contribution in [0.1, 0.15) is 11.5 Å². The lowest BCUT2D eigenvalue weighted by Crippen LogP contribution is -2.35. The minimum atomic E-state index is -3.90. The number of ether oxygens (including phenoxy) is 2. The molecule has 0 unspecified atom stereocenters. The minimum absolute atomic E-state index is 0.0288. The number of aromatic nitrogens is 1. The zero-order valence-corrected chi connectivity index (χ0v) is 16.0. The van der Waals surface area contributed by atoms with E-state index < -0.39 is 15.9 Å². The van der Waals surface area contributed by atoms with Gasteiger partial charge in [0, 0.05) is 18.8 Å². The quantitative estimate of drug-likeness (QED) is 0.772. The molecular weight excluding hydrogens is 362 g/mol. The molecule has 0 aliphatic heterocycles. The predicted octanol–water partition coefficient (Wildman–Crippen LogP) is 1.57. The van der Waals surface area contributed by atoms with Gasteiger partial charge < -0.3 is 19.3 Å². The normalized spacial score (nSPS) is 11.5. The lowest BCUT2D eigenvalue weighted by Gasteiger charge is -2.17. The topological polar surface area (TPSA) is 111 Å². The molecule has 1 N–H and O–H groups in total. The Balaban J connectivity index is 2.12. The Hall–Kier alpha value is -2.59. The first-order valence-corrected chi connectivity index (χ1v) is 9.05. The third kappa shape index (κ3) is 3.97. The lowest BCUT2D eigenvalue weighted by atomic mass is 10.2. The van der Waals surface area contributed by atoms with Gasteiger partial charge in [0.05, 0.1) is 20.8 Å². The molecule has 0 saturated carbocycles. The number of benzene rings is 1. The number of nitrogens with zero attached hydrogens (tertiary/aromatic N) is 2. The average Bonchev–Trinajstić information content (AvgIpc) is 2.93. The van der Waals surface area contributed by atoms with E-state index in [1.54, 1.807) is 18.2 Å². The van der Waals surface area contributed by atoms with Crippen molar-refractivity contribution in [2.45, 2.75) is 18.7 Å². The van der Waals surface area contributed by atoms with Crippen LogP contribution in [0.15, 0.2) is 27.6 Å². The molecule has 1 amide bonds. The van der Waals surface area contributed by atoms with Gasteiger partial charge in [0.15, 0.2) is 17.3 Å².